The van der Waals surface area contributed by atoms with Crippen LogP contribution in [0.25, 0.3) is 11.4 Å². The van der Waals surface area contributed by atoms with Crippen LogP contribution in [0.1, 0.15) is 19.0 Å². The number of hydrogen-bond donors (Lipinski definition) is 1. The van der Waals surface area contributed by atoms with Crippen LogP contribution in [0.3, 0.4) is 0 Å². The first-order valence-electron chi connectivity index (χ1n) is 5.41. The van der Waals surface area contributed by atoms with E-state index in [0.717, 1.165) is 17.1 Å². The Kier molecular flexibility index (Phi) is 3.82. The molecular formula is C12H13N3OS. The van der Waals surface area contributed by atoms with E-state index in [1.807, 2.05) is 30.5 Å². The van der Waals surface area contributed by atoms with Gasteiger partial charge in [0, 0.05) is 11.8 Å². The van der Waals surface area contributed by atoms with Gasteiger partial charge >= 0.3 is 0 Å². The number of nitrogens with one attached hydrogen (secondary N) is 1. The van der Waals surface area contributed by atoms with Gasteiger partial charge < -0.3 is 5.32 Å². The summed E-state index contributed by atoms with van der Waals surface area (Å²) in [5.41, 5.74) is 4.34. The zero-order valence-electron chi connectivity index (χ0n) is 9.51. The van der Waals surface area contributed by atoms with Gasteiger partial charge in [0.15, 0.2) is 0 Å². The molecule has 0 radical (unpaired) electrons. The van der Waals surface area contributed by atoms with Crippen molar-refractivity contribution in [1.29, 1.82) is 0 Å². The van der Waals surface area contributed by atoms with E-state index in [9.17, 15) is 4.79 Å². The molecule has 4 nitrogen and oxygen atoms in total. The number of carbonyl (C=O) groups excluding carboxylic acids is 1. The molecule has 0 fully saturated rings. The number of hydrogen-bond acceptors (Lipinski definition) is 4. The topological polar surface area (TPSA) is 54.9 Å². The third kappa shape index (κ3) is 3.10. The minimum Gasteiger partial charge on any atom is -0.350 e. The lowest BCUT2D eigenvalue weighted by atomic mass is 10.2. The van der Waals surface area contributed by atoms with Crippen molar-refractivity contribution in [3.8, 4) is 11.4 Å². The Labute approximate surface area is 104 Å². The Bertz CT molecular complexity index is 496. The van der Waals surface area contributed by atoms with Crippen molar-refractivity contribution in [3.63, 3.8) is 0 Å². The summed E-state index contributed by atoms with van der Waals surface area (Å²) in [5.74, 6) is 0.0332. The fourth-order valence-electron chi connectivity index (χ4n) is 1.37. The molecule has 2 rings (SSSR count). The van der Waals surface area contributed by atoms with Gasteiger partial charge in [-0.2, -0.15) is 0 Å². The summed E-state index contributed by atoms with van der Waals surface area (Å²) in [4.78, 5) is 19.8. The monoisotopic (exact) mass is 247 g/mol. The predicted molar refractivity (Wildman–Crippen MR) is 67.5 cm³/mol. The molecular weight excluding hydrogens is 234 g/mol. The normalized spacial score (nSPS) is 10.2. The second-order valence-electron chi connectivity index (χ2n) is 3.52. The van der Waals surface area contributed by atoms with Crippen molar-refractivity contribution >= 4 is 17.2 Å². The standard InChI is InChI=1S/C12H13N3OS/c1-2-12(16)13-6-9-4-3-5-10(15-9)11-7-17-8-14-11/h3-5,7-8H,2,6H2,1H3,(H,13,16). The molecule has 0 bridgehead atoms. The zero-order chi connectivity index (χ0) is 12.1. The van der Waals surface area contributed by atoms with Crippen molar-refractivity contribution < 1.29 is 4.79 Å². The van der Waals surface area contributed by atoms with E-state index in [0.29, 0.717) is 13.0 Å². The van der Waals surface area contributed by atoms with E-state index in [4.69, 9.17) is 0 Å². The quantitative estimate of drug-likeness (QED) is 0.901. The van der Waals surface area contributed by atoms with Crippen molar-refractivity contribution in [3.05, 3.63) is 34.8 Å². The molecule has 0 spiro atoms. The molecule has 0 saturated carbocycles. The Morgan fingerprint density at radius 3 is 3.00 bits per heavy atom. The zero-order valence-corrected chi connectivity index (χ0v) is 10.3. The third-order valence-corrected chi connectivity index (χ3v) is 2.88. The molecule has 1 N–H and O–H groups in total. The average molecular weight is 247 g/mol. The van der Waals surface area contributed by atoms with Crippen LogP contribution in [0, 0.1) is 0 Å². The predicted octanol–water partition coefficient (Wildman–Crippen LogP) is 2.23. The van der Waals surface area contributed by atoms with Crippen LogP contribution in [0.2, 0.25) is 0 Å². The molecule has 0 atom stereocenters. The molecule has 5 heteroatoms. The van der Waals surface area contributed by atoms with Crippen LogP contribution in [0.15, 0.2) is 29.1 Å². The van der Waals surface area contributed by atoms with Gasteiger partial charge in [0.05, 0.1) is 29.1 Å². The fraction of sp³-hybridized carbons (Fsp3) is 0.250. The van der Waals surface area contributed by atoms with E-state index in [2.05, 4.69) is 15.3 Å². The molecule has 2 aromatic rings. The summed E-state index contributed by atoms with van der Waals surface area (Å²) < 4.78 is 0. The summed E-state index contributed by atoms with van der Waals surface area (Å²) in [7, 11) is 0. The van der Waals surface area contributed by atoms with E-state index in [1.165, 1.54) is 0 Å². The van der Waals surface area contributed by atoms with Crippen molar-refractivity contribution in [2.75, 3.05) is 0 Å². The van der Waals surface area contributed by atoms with Crippen molar-refractivity contribution in [1.82, 2.24) is 15.3 Å². The maximum Gasteiger partial charge on any atom is 0.220 e. The molecule has 17 heavy (non-hydrogen) atoms. The van der Waals surface area contributed by atoms with Gasteiger partial charge in [0.25, 0.3) is 0 Å². The Morgan fingerprint density at radius 1 is 1.41 bits per heavy atom. The first-order valence-corrected chi connectivity index (χ1v) is 6.35. The Morgan fingerprint density at radius 2 is 2.29 bits per heavy atom. The van der Waals surface area contributed by atoms with Crippen LogP contribution in [0.4, 0.5) is 0 Å². The van der Waals surface area contributed by atoms with Gasteiger partial charge in [-0.15, -0.1) is 11.3 Å². The number of nitrogens with zero attached hydrogens (tertiary/aromatic N) is 2. The van der Waals surface area contributed by atoms with E-state index >= 15 is 0 Å². The van der Waals surface area contributed by atoms with Gasteiger partial charge in [-0.3, -0.25) is 4.79 Å². The van der Waals surface area contributed by atoms with Crippen LogP contribution < -0.4 is 5.32 Å². The number of thiazole rings is 1. The number of amides is 1. The highest BCUT2D eigenvalue weighted by Crippen LogP contribution is 2.16. The molecule has 0 aliphatic heterocycles. The summed E-state index contributed by atoms with van der Waals surface area (Å²) in [6.07, 6.45) is 0.492. The third-order valence-electron chi connectivity index (χ3n) is 2.29. The molecule has 0 aliphatic carbocycles. The number of pyridine rings is 1. The minimum absolute atomic E-state index is 0.0332. The SMILES string of the molecule is CCC(=O)NCc1cccc(-c2cscn2)n1. The first kappa shape index (κ1) is 11.7. The Hall–Kier alpha value is -1.75. The molecule has 2 aromatic heterocycles. The summed E-state index contributed by atoms with van der Waals surface area (Å²) >= 11 is 1.54. The number of carbonyl (C=O) groups is 1. The molecule has 0 aromatic carbocycles. The molecule has 0 aliphatic rings. The van der Waals surface area contributed by atoms with E-state index in [1.54, 1.807) is 16.8 Å². The molecule has 88 valence electrons. The highest BCUT2D eigenvalue weighted by atomic mass is 32.1. The lowest BCUT2D eigenvalue weighted by Crippen LogP contribution is -2.22. The van der Waals surface area contributed by atoms with Crippen molar-refractivity contribution in [2.45, 2.75) is 19.9 Å². The fourth-order valence-corrected chi connectivity index (χ4v) is 1.92. The molecule has 2 heterocycles. The smallest absolute Gasteiger partial charge is 0.220 e. The Balaban J connectivity index is 2.09. The summed E-state index contributed by atoms with van der Waals surface area (Å²) in [6.45, 7) is 2.29. The van der Waals surface area contributed by atoms with Crippen LogP contribution in [-0.2, 0) is 11.3 Å². The first-order chi connectivity index (χ1) is 8.29. The van der Waals surface area contributed by atoms with E-state index < -0.39 is 0 Å². The number of rotatable bonds is 4. The highest BCUT2D eigenvalue weighted by molar-refractivity contribution is 7.07. The van der Waals surface area contributed by atoms with E-state index in [-0.39, 0.29) is 5.91 Å². The number of aromatic nitrogens is 2. The largest absolute Gasteiger partial charge is 0.350 e. The lowest BCUT2D eigenvalue weighted by Gasteiger charge is -2.04. The van der Waals surface area contributed by atoms with Crippen LogP contribution in [-0.4, -0.2) is 15.9 Å². The van der Waals surface area contributed by atoms with Gasteiger partial charge in [0.1, 0.15) is 0 Å². The van der Waals surface area contributed by atoms with Gasteiger partial charge in [-0.25, -0.2) is 9.97 Å². The van der Waals surface area contributed by atoms with Crippen LogP contribution in [0.5, 0.6) is 0 Å². The van der Waals surface area contributed by atoms with Crippen LogP contribution >= 0.6 is 11.3 Å². The van der Waals surface area contributed by atoms with Gasteiger partial charge in [-0.05, 0) is 12.1 Å². The maximum atomic E-state index is 11.1. The summed E-state index contributed by atoms with van der Waals surface area (Å²) in [6, 6.07) is 5.74. The maximum absolute atomic E-state index is 11.1. The molecule has 0 saturated heterocycles. The molecule has 0 unspecified atom stereocenters. The average Bonchev–Trinajstić information content (AvgIpc) is 2.90. The minimum atomic E-state index is 0.0332. The molecule has 1 amide bonds. The van der Waals surface area contributed by atoms with Crippen molar-refractivity contribution in [2.24, 2.45) is 0 Å². The second-order valence-corrected chi connectivity index (χ2v) is 4.24. The second kappa shape index (κ2) is 5.54. The lowest BCUT2D eigenvalue weighted by molar-refractivity contribution is -0.120. The van der Waals surface area contributed by atoms with Gasteiger partial charge in [-0.1, -0.05) is 13.0 Å². The highest BCUT2D eigenvalue weighted by Gasteiger charge is 2.03. The summed E-state index contributed by atoms with van der Waals surface area (Å²) in [5, 5.41) is 4.76. The van der Waals surface area contributed by atoms with Gasteiger partial charge in [0.2, 0.25) is 5.91 Å².